The van der Waals surface area contributed by atoms with Gasteiger partial charge in [0.15, 0.2) is 0 Å². The van der Waals surface area contributed by atoms with Gasteiger partial charge in [-0.15, -0.1) is 0 Å². The number of carbonyl (C=O) groups is 1. The molecule has 92 valence electrons. The molecule has 0 fully saturated rings. The minimum absolute atomic E-state index is 0.0126. The first kappa shape index (κ1) is 11.9. The molecular formula is C13H12N2O3. The Bertz CT molecular complexity index is 555. The smallest absolute Gasteiger partial charge is 0.341 e. The molecule has 0 aliphatic rings. The van der Waals surface area contributed by atoms with E-state index in [0.717, 1.165) is 5.56 Å². The van der Waals surface area contributed by atoms with Gasteiger partial charge >= 0.3 is 5.97 Å². The number of nitrogen functional groups attached to an aromatic ring is 1. The maximum atomic E-state index is 11.1. The van der Waals surface area contributed by atoms with Gasteiger partial charge in [0.05, 0.1) is 0 Å². The maximum absolute atomic E-state index is 11.1. The largest absolute Gasteiger partial charge is 0.488 e. The van der Waals surface area contributed by atoms with Crippen molar-refractivity contribution in [3.8, 4) is 5.75 Å². The Hall–Kier alpha value is -2.56. The first-order chi connectivity index (χ1) is 8.68. The third kappa shape index (κ3) is 2.57. The number of nitrogens with two attached hydrogens (primary N) is 1. The van der Waals surface area contributed by atoms with Crippen molar-refractivity contribution in [1.29, 1.82) is 0 Å². The molecule has 5 nitrogen and oxygen atoms in total. The molecule has 1 aromatic heterocycles. The number of benzene rings is 1. The van der Waals surface area contributed by atoms with E-state index in [1.807, 2.05) is 6.07 Å². The van der Waals surface area contributed by atoms with Gasteiger partial charge < -0.3 is 15.6 Å². The van der Waals surface area contributed by atoms with Crippen LogP contribution in [0.1, 0.15) is 15.9 Å². The molecule has 0 amide bonds. The molecule has 0 unspecified atom stereocenters. The number of carboxylic acid groups (broad SMARTS) is 1. The highest BCUT2D eigenvalue weighted by Crippen LogP contribution is 2.25. The number of hydrogen-bond donors (Lipinski definition) is 2. The second kappa shape index (κ2) is 5.18. The predicted molar refractivity (Wildman–Crippen MR) is 66.4 cm³/mol. The SMILES string of the molecule is Nc1cccc(OCc2cccnc2)c1C(=O)O. The number of aromatic carboxylic acids is 1. The van der Waals surface area contributed by atoms with E-state index in [1.54, 1.807) is 30.6 Å². The normalized spacial score (nSPS) is 10.0. The lowest BCUT2D eigenvalue weighted by Gasteiger charge is -2.10. The molecule has 2 aromatic rings. The number of pyridine rings is 1. The van der Waals surface area contributed by atoms with Crippen LogP contribution >= 0.6 is 0 Å². The van der Waals surface area contributed by atoms with Crippen molar-refractivity contribution in [3.05, 3.63) is 53.9 Å². The van der Waals surface area contributed by atoms with Crippen LogP contribution in [-0.2, 0) is 6.61 Å². The van der Waals surface area contributed by atoms with Crippen LogP contribution in [0.3, 0.4) is 0 Å². The van der Waals surface area contributed by atoms with Gasteiger partial charge in [0.25, 0.3) is 0 Å². The summed E-state index contributed by atoms with van der Waals surface area (Å²) < 4.78 is 5.46. The number of anilines is 1. The van der Waals surface area contributed by atoms with Crippen molar-refractivity contribution in [2.75, 3.05) is 5.73 Å². The molecule has 0 saturated carbocycles. The lowest BCUT2D eigenvalue weighted by molar-refractivity contribution is 0.0693. The topological polar surface area (TPSA) is 85.4 Å². The first-order valence-corrected chi connectivity index (χ1v) is 5.32. The summed E-state index contributed by atoms with van der Waals surface area (Å²) in [6.07, 6.45) is 3.32. The van der Waals surface area contributed by atoms with Crippen LogP contribution in [0.15, 0.2) is 42.7 Å². The molecule has 1 aromatic carbocycles. The van der Waals surface area contributed by atoms with Gasteiger partial charge in [-0.1, -0.05) is 12.1 Å². The fourth-order valence-electron chi connectivity index (χ4n) is 1.54. The van der Waals surface area contributed by atoms with Gasteiger partial charge in [-0.25, -0.2) is 4.79 Å². The Labute approximate surface area is 104 Å². The van der Waals surface area contributed by atoms with Gasteiger partial charge in [-0.05, 0) is 18.2 Å². The molecule has 0 radical (unpaired) electrons. The van der Waals surface area contributed by atoms with Crippen molar-refractivity contribution in [3.63, 3.8) is 0 Å². The standard InChI is InChI=1S/C13H12N2O3/c14-10-4-1-5-11(12(10)13(16)17)18-8-9-3-2-6-15-7-9/h1-7H,8,14H2,(H,16,17). The highest BCUT2D eigenvalue weighted by molar-refractivity contribution is 5.96. The molecule has 2 rings (SSSR count). The van der Waals surface area contributed by atoms with Crippen LogP contribution in [0.4, 0.5) is 5.69 Å². The Balaban J connectivity index is 2.20. The third-order valence-corrected chi connectivity index (χ3v) is 2.39. The van der Waals surface area contributed by atoms with Crippen molar-refractivity contribution in [2.45, 2.75) is 6.61 Å². The molecule has 0 aliphatic heterocycles. The zero-order chi connectivity index (χ0) is 13.0. The molecule has 3 N–H and O–H groups in total. The molecule has 5 heteroatoms. The number of aromatic nitrogens is 1. The summed E-state index contributed by atoms with van der Waals surface area (Å²) in [5, 5.41) is 9.07. The third-order valence-electron chi connectivity index (χ3n) is 2.39. The van der Waals surface area contributed by atoms with Crippen LogP contribution in [0, 0.1) is 0 Å². The van der Waals surface area contributed by atoms with Gasteiger partial charge in [-0.3, -0.25) is 4.98 Å². The second-order valence-electron chi connectivity index (χ2n) is 3.68. The van der Waals surface area contributed by atoms with Gasteiger partial charge in [0, 0.05) is 23.6 Å². The summed E-state index contributed by atoms with van der Waals surface area (Å²) in [7, 11) is 0. The summed E-state index contributed by atoms with van der Waals surface area (Å²) in [4.78, 5) is 15.0. The minimum atomic E-state index is -1.10. The van der Waals surface area contributed by atoms with Crippen molar-refractivity contribution in [1.82, 2.24) is 4.98 Å². The van der Waals surface area contributed by atoms with Gasteiger partial charge in [0.1, 0.15) is 17.9 Å². The number of carboxylic acids is 1. The highest BCUT2D eigenvalue weighted by atomic mass is 16.5. The Morgan fingerprint density at radius 2 is 2.17 bits per heavy atom. The average molecular weight is 244 g/mol. The fraction of sp³-hybridized carbons (Fsp3) is 0.0769. The van der Waals surface area contributed by atoms with E-state index in [9.17, 15) is 4.79 Å². The van der Waals surface area contributed by atoms with Crippen LogP contribution in [0.2, 0.25) is 0 Å². The van der Waals surface area contributed by atoms with E-state index in [-0.39, 0.29) is 23.6 Å². The Kier molecular flexibility index (Phi) is 3.43. The lowest BCUT2D eigenvalue weighted by atomic mass is 10.1. The number of hydrogen-bond acceptors (Lipinski definition) is 4. The quantitative estimate of drug-likeness (QED) is 0.803. The van der Waals surface area contributed by atoms with Gasteiger partial charge in [0.2, 0.25) is 0 Å². The Morgan fingerprint density at radius 1 is 1.33 bits per heavy atom. The molecule has 0 spiro atoms. The predicted octanol–water partition coefficient (Wildman–Crippen LogP) is 1.94. The monoisotopic (exact) mass is 244 g/mol. The first-order valence-electron chi connectivity index (χ1n) is 5.32. The molecule has 0 atom stereocenters. The number of ether oxygens (including phenoxy) is 1. The fourth-order valence-corrected chi connectivity index (χ4v) is 1.54. The van der Waals surface area contributed by atoms with Crippen LogP contribution in [-0.4, -0.2) is 16.1 Å². The summed E-state index contributed by atoms with van der Waals surface area (Å²) in [5.74, 6) is -0.847. The van der Waals surface area contributed by atoms with E-state index < -0.39 is 5.97 Å². The summed E-state index contributed by atoms with van der Waals surface area (Å²) >= 11 is 0. The van der Waals surface area contributed by atoms with Gasteiger partial charge in [-0.2, -0.15) is 0 Å². The maximum Gasteiger partial charge on any atom is 0.341 e. The van der Waals surface area contributed by atoms with E-state index in [1.165, 1.54) is 6.07 Å². The minimum Gasteiger partial charge on any atom is -0.488 e. The van der Waals surface area contributed by atoms with E-state index in [0.29, 0.717) is 0 Å². The average Bonchev–Trinajstić information content (AvgIpc) is 2.37. The summed E-state index contributed by atoms with van der Waals surface area (Å²) in [6, 6.07) is 8.40. The molecular weight excluding hydrogens is 232 g/mol. The molecule has 1 heterocycles. The zero-order valence-electron chi connectivity index (χ0n) is 9.54. The Morgan fingerprint density at radius 3 is 2.83 bits per heavy atom. The second-order valence-corrected chi connectivity index (χ2v) is 3.68. The van der Waals surface area contributed by atoms with Crippen LogP contribution < -0.4 is 10.5 Å². The molecule has 0 saturated heterocycles. The van der Waals surface area contributed by atoms with Crippen molar-refractivity contribution in [2.24, 2.45) is 0 Å². The van der Waals surface area contributed by atoms with E-state index in [4.69, 9.17) is 15.6 Å². The number of nitrogens with zero attached hydrogens (tertiary/aromatic N) is 1. The zero-order valence-corrected chi connectivity index (χ0v) is 9.54. The molecule has 0 aliphatic carbocycles. The lowest BCUT2D eigenvalue weighted by Crippen LogP contribution is -2.06. The summed E-state index contributed by atoms with van der Waals surface area (Å²) in [6.45, 7) is 0.248. The van der Waals surface area contributed by atoms with E-state index >= 15 is 0 Å². The van der Waals surface area contributed by atoms with Crippen molar-refractivity contribution < 1.29 is 14.6 Å². The van der Waals surface area contributed by atoms with Crippen LogP contribution in [0.25, 0.3) is 0 Å². The molecule has 18 heavy (non-hydrogen) atoms. The number of rotatable bonds is 4. The molecule has 0 bridgehead atoms. The highest BCUT2D eigenvalue weighted by Gasteiger charge is 2.14. The van der Waals surface area contributed by atoms with Crippen LogP contribution in [0.5, 0.6) is 5.75 Å². The van der Waals surface area contributed by atoms with Crippen molar-refractivity contribution >= 4 is 11.7 Å². The van der Waals surface area contributed by atoms with E-state index in [2.05, 4.69) is 4.98 Å². The summed E-state index contributed by atoms with van der Waals surface area (Å²) in [5.41, 5.74) is 6.65.